The minimum Gasteiger partial charge on any atom is -0.476 e. The maximum atomic E-state index is 11.4. The SMILES string of the molecule is O=C(O)c1nnc2ccccc2c1N1CCOC(CO)C1. The van der Waals surface area contributed by atoms with E-state index >= 15 is 0 Å². The van der Waals surface area contributed by atoms with Gasteiger partial charge in [-0.05, 0) is 6.07 Å². The molecule has 1 unspecified atom stereocenters. The molecule has 7 nitrogen and oxygen atoms in total. The average Bonchev–Trinajstić information content (AvgIpc) is 2.53. The third kappa shape index (κ3) is 2.53. The number of morpholine rings is 1. The van der Waals surface area contributed by atoms with Gasteiger partial charge in [-0.2, -0.15) is 0 Å². The Hall–Kier alpha value is -2.25. The molecule has 1 saturated heterocycles. The highest BCUT2D eigenvalue weighted by molar-refractivity contribution is 6.02. The van der Waals surface area contributed by atoms with Crippen LogP contribution >= 0.6 is 0 Å². The molecular formula is C14H15N3O4. The molecule has 3 rings (SSSR count). The van der Waals surface area contributed by atoms with Crippen LogP contribution in [0.1, 0.15) is 10.5 Å². The Bertz CT molecular complexity index is 676. The molecule has 2 heterocycles. The molecule has 7 heteroatoms. The summed E-state index contributed by atoms with van der Waals surface area (Å²) in [6, 6.07) is 7.29. The first-order valence-electron chi connectivity index (χ1n) is 6.67. The molecule has 110 valence electrons. The molecule has 21 heavy (non-hydrogen) atoms. The summed E-state index contributed by atoms with van der Waals surface area (Å²) in [7, 11) is 0. The molecule has 0 aliphatic carbocycles. The summed E-state index contributed by atoms with van der Waals surface area (Å²) in [5, 5.41) is 27.2. The van der Waals surface area contributed by atoms with Crippen molar-refractivity contribution in [2.75, 3.05) is 31.2 Å². The van der Waals surface area contributed by atoms with Gasteiger partial charge in [0.2, 0.25) is 0 Å². The number of rotatable bonds is 3. The van der Waals surface area contributed by atoms with E-state index in [0.717, 1.165) is 5.39 Å². The number of aliphatic hydroxyl groups excluding tert-OH is 1. The van der Waals surface area contributed by atoms with Gasteiger partial charge in [0.1, 0.15) is 0 Å². The normalized spacial score (nSPS) is 18.9. The van der Waals surface area contributed by atoms with E-state index in [1.807, 2.05) is 23.1 Å². The third-order valence-corrected chi connectivity index (χ3v) is 3.50. The van der Waals surface area contributed by atoms with Crippen molar-refractivity contribution in [1.82, 2.24) is 10.2 Å². The number of ether oxygens (including phenoxy) is 1. The average molecular weight is 289 g/mol. The fourth-order valence-electron chi connectivity index (χ4n) is 2.54. The van der Waals surface area contributed by atoms with Crippen molar-refractivity contribution in [2.24, 2.45) is 0 Å². The molecule has 1 aliphatic rings. The Labute approximate surface area is 120 Å². The fourth-order valence-corrected chi connectivity index (χ4v) is 2.54. The van der Waals surface area contributed by atoms with Crippen molar-refractivity contribution in [3.8, 4) is 0 Å². The van der Waals surface area contributed by atoms with Crippen molar-refractivity contribution < 1.29 is 19.7 Å². The predicted octanol–water partition coefficient (Wildman–Crippen LogP) is 0.525. The number of aliphatic hydroxyl groups is 1. The van der Waals surface area contributed by atoms with Crippen molar-refractivity contribution >= 4 is 22.6 Å². The first-order valence-corrected chi connectivity index (χ1v) is 6.67. The maximum absolute atomic E-state index is 11.4. The van der Waals surface area contributed by atoms with Crippen LogP contribution in [0.5, 0.6) is 0 Å². The Morgan fingerprint density at radius 1 is 1.38 bits per heavy atom. The number of anilines is 1. The molecule has 1 aliphatic heterocycles. The standard InChI is InChI=1S/C14H15N3O4/c18-8-9-7-17(5-6-21-9)13-10-3-1-2-4-11(10)15-16-12(13)14(19)20/h1-4,9,18H,5-8H2,(H,19,20). The van der Waals surface area contributed by atoms with Crippen LogP contribution in [0.3, 0.4) is 0 Å². The molecule has 0 bridgehead atoms. The third-order valence-electron chi connectivity index (χ3n) is 3.50. The first-order chi connectivity index (χ1) is 10.2. The maximum Gasteiger partial charge on any atom is 0.358 e. The number of nitrogens with zero attached hydrogens (tertiary/aromatic N) is 3. The smallest absolute Gasteiger partial charge is 0.358 e. The number of carbonyl (C=O) groups is 1. The van der Waals surface area contributed by atoms with Crippen molar-refractivity contribution in [2.45, 2.75) is 6.10 Å². The van der Waals surface area contributed by atoms with E-state index in [-0.39, 0.29) is 18.4 Å². The van der Waals surface area contributed by atoms with Crippen LogP contribution < -0.4 is 4.90 Å². The highest BCUT2D eigenvalue weighted by Gasteiger charge is 2.26. The van der Waals surface area contributed by atoms with E-state index in [1.165, 1.54) is 0 Å². The van der Waals surface area contributed by atoms with Gasteiger partial charge < -0.3 is 19.8 Å². The lowest BCUT2D eigenvalue weighted by atomic mass is 10.1. The van der Waals surface area contributed by atoms with E-state index in [2.05, 4.69) is 10.2 Å². The number of aromatic carboxylic acids is 1. The van der Waals surface area contributed by atoms with Crippen LogP contribution in [0, 0.1) is 0 Å². The summed E-state index contributed by atoms with van der Waals surface area (Å²) in [5.41, 5.74) is 1.10. The van der Waals surface area contributed by atoms with Crippen LogP contribution in [0.2, 0.25) is 0 Å². The quantitative estimate of drug-likeness (QED) is 0.850. The number of fused-ring (bicyclic) bond motifs is 1. The van der Waals surface area contributed by atoms with E-state index in [9.17, 15) is 15.0 Å². The zero-order valence-corrected chi connectivity index (χ0v) is 11.3. The van der Waals surface area contributed by atoms with Gasteiger partial charge in [-0.1, -0.05) is 18.2 Å². The molecule has 1 fully saturated rings. The first kappa shape index (κ1) is 13.7. The molecule has 0 radical (unpaired) electrons. The Morgan fingerprint density at radius 3 is 2.95 bits per heavy atom. The van der Waals surface area contributed by atoms with Gasteiger partial charge in [0.15, 0.2) is 5.69 Å². The topological polar surface area (TPSA) is 95.8 Å². The number of carboxylic acid groups (broad SMARTS) is 1. The summed E-state index contributed by atoms with van der Waals surface area (Å²) < 4.78 is 5.42. The van der Waals surface area contributed by atoms with Gasteiger partial charge in [0.25, 0.3) is 0 Å². The summed E-state index contributed by atoms with van der Waals surface area (Å²) in [4.78, 5) is 13.3. The van der Waals surface area contributed by atoms with Gasteiger partial charge in [-0.3, -0.25) is 0 Å². The molecule has 1 aromatic heterocycles. The van der Waals surface area contributed by atoms with Crippen LogP contribution in [-0.2, 0) is 4.74 Å². The second-order valence-corrected chi connectivity index (χ2v) is 4.84. The van der Waals surface area contributed by atoms with Crippen molar-refractivity contribution in [1.29, 1.82) is 0 Å². The number of aromatic nitrogens is 2. The lowest BCUT2D eigenvalue weighted by molar-refractivity contribution is 0.00354. The second kappa shape index (κ2) is 5.63. The molecular weight excluding hydrogens is 274 g/mol. The van der Waals surface area contributed by atoms with E-state index < -0.39 is 5.97 Å². The van der Waals surface area contributed by atoms with E-state index in [4.69, 9.17) is 4.74 Å². The zero-order valence-electron chi connectivity index (χ0n) is 11.3. The van der Waals surface area contributed by atoms with Crippen LogP contribution in [-0.4, -0.2) is 58.8 Å². The largest absolute Gasteiger partial charge is 0.476 e. The molecule has 1 atom stereocenters. The van der Waals surface area contributed by atoms with Gasteiger partial charge in [0.05, 0.1) is 30.5 Å². The van der Waals surface area contributed by atoms with E-state index in [1.54, 1.807) is 6.07 Å². The fraction of sp³-hybridized carbons (Fsp3) is 0.357. The molecule has 0 saturated carbocycles. The van der Waals surface area contributed by atoms with Crippen molar-refractivity contribution in [3.05, 3.63) is 30.0 Å². The number of hydrogen-bond donors (Lipinski definition) is 2. The second-order valence-electron chi connectivity index (χ2n) is 4.84. The lowest BCUT2D eigenvalue weighted by Gasteiger charge is -2.34. The summed E-state index contributed by atoms with van der Waals surface area (Å²) in [6.07, 6.45) is -0.327. The number of carboxylic acids is 1. The summed E-state index contributed by atoms with van der Waals surface area (Å²) in [5.74, 6) is -1.12. The van der Waals surface area contributed by atoms with Gasteiger partial charge in [0, 0.05) is 18.5 Å². The lowest BCUT2D eigenvalue weighted by Crippen LogP contribution is -2.44. The zero-order chi connectivity index (χ0) is 14.8. The molecule has 2 aromatic rings. The minimum absolute atomic E-state index is 0.0766. The molecule has 0 amide bonds. The summed E-state index contributed by atoms with van der Waals surface area (Å²) in [6.45, 7) is 1.30. The van der Waals surface area contributed by atoms with Gasteiger partial charge >= 0.3 is 5.97 Å². The van der Waals surface area contributed by atoms with Crippen molar-refractivity contribution in [3.63, 3.8) is 0 Å². The molecule has 0 spiro atoms. The van der Waals surface area contributed by atoms with Crippen LogP contribution in [0.25, 0.3) is 10.9 Å². The van der Waals surface area contributed by atoms with Crippen LogP contribution in [0.15, 0.2) is 24.3 Å². The highest BCUT2D eigenvalue weighted by Crippen LogP contribution is 2.29. The Morgan fingerprint density at radius 2 is 2.19 bits per heavy atom. The number of benzene rings is 1. The summed E-state index contributed by atoms with van der Waals surface area (Å²) >= 11 is 0. The molecule has 1 aromatic carbocycles. The van der Waals surface area contributed by atoms with Gasteiger partial charge in [-0.15, -0.1) is 10.2 Å². The number of hydrogen-bond acceptors (Lipinski definition) is 6. The molecule has 2 N–H and O–H groups in total. The Balaban J connectivity index is 2.14. The highest BCUT2D eigenvalue weighted by atomic mass is 16.5. The Kier molecular flexibility index (Phi) is 3.68. The minimum atomic E-state index is -1.12. The van der Waals surface area contributed by atoms with Gasteiger partial charge in [-0.25, -0.2) is 4.79 Å². The predicted molar refractivity (Wildman–Crippen MR) is 75.5 cm³/mol. The van der Waals surface area contributed by atoms with Crippen LogP contribution in [0.4, 0.5) is 5.69 Å². The van der Waals surface area contributed by atoms with E-state index in [0.29, 0.717) is 30.9 Å². The monoisotopic (exact) mass is 289 g/mol.